The fraction of sp³-hybridized carbons (Fsp3) is 0.846. The third kappa shape index (κ3) is 2.83. The quantitative estimate of drug-likeness (QED) is 0.310. The molecule has 6 N–H and O–H groups in total. The zero-order chi connectivity index (χ0) is 17.5. The van der Waals surface area contributed by atoms with E-state index in [1.165, 1.54) is 11.8 Å². The Balaban J connectivity index is 2.41. The van der Waals surface area contributed by atoms with Crippen molar-refractivity contribution in [2.24, 2.45) is 5.92 Å². The van der Waals surface area contributed by atoms with Gasteiger partial charge in [0.1, 0.15) is 11.7 Å². The van der Waals surface area contributed by atoms with E-state index in [-0.39, 0.29) is 13.0 Å². The van der Waals surface area contributed by atoms with Crippen LogP contribution < -0.4 is 10.6 Å². The van der Waals surface area contributed by atoms with Crippen LogP contribution in [0.2, 0.25) is 0 Å². The molecule has 0 aromatic heterocycles. The molecule has 3 fully saturated rings. The summed E-state index contributed by atoms with van der Waals surface area (Å²) in [6, 6.07) is 0. The van der Waals surface area contributed by atoms with Crippen LogP contribution in [0.4, 0.5) is 0 Å². The van der Waals surface area contributed by atoms with Gasteiger partial charge in [-0.25, -0.2) is 0 Å². The molecule has 132 valence electrons. The summed E-state index contributed by atoms with van der Waals surface area (Å²) in [6.45, 7) is 0.215. The Morgan fingerprint density at radius 3 is 2.65 bits per heavy atom. The van der Waals surface area contributed by atoms with Gasteiger partial charge in [-0.2, -0.15) is 11.8 Å². The molecule has 23 heavy (non-hydrogen) atoms. The van der Waals surface area contributed by atoms with Crippen LogP contribution in [0.25, 0.3) is 0 Å². The van der Waals surface area contributed by atoms with Crippen molar-refractivity contribution in [1.82, 2.24) is 10.6 Å². The predicted octanol–water partition coefficient (Wildman–Crippen LogP) is -2.88. The molecule has 1 unspecified atom stereocenters. The Morgan fingerprint density at radius 1 is 1.43 bits per heavy atom. The fourth-order valence-electron chi connectivity index (χ4n) is 2.80. The summed E-state index contributed by atoms with van der Waals surface area (Å²) in [4.78, 5) is 24.9. The van der Waals surface area contributed by atoms with E-state index >= 15 is 0 Å². The Bertz CT molecular complexity index is 503. The minimum Gasteiger partial charge on any atom is -0.393 e. The van der Waals surface area contributed by atoms with E-state index < -0.39 is 47.5 Å². The molecule has 3 rings (SSSR count). The molecule has 10 heteroatoms. The van der Waals surface area contributed by atoms with Gasteiger partial charge in [0.2, 0.25) is 5.72 Å². The van der Waals surface area contributed by atoms with E-state index in [0.29, 0.717) is 5.75 Å². The molecule has 0 aliphatic carbocycles. The average Bonchev–Trinajstić information content (AvgIpc) is 2.49. The molecular formula is C13H22N2O7S. The minimum atomic E-state index is -2.28. The standard InChI is InChI=1S/C13H22N2O7S/c1-11(20,6-16)8(17)13-10(19)14-12(21,9(18)15-13)7(5-23-2)3-4-22-13/h7-8,16-17,20-21H,3-6H2,1-2H3,(H,14,19)(H,15,18)/t7?,8-,11-,12+,13-/m0/s1. The molecular weight excluding hydrogens is 328 g/mol. The normalized spacial score (nSPS) is 38.1. The summed E-state index contributed by atoms with van der Waals surface area (Å²) < 4.78 is 5.43. The van der Waals surface area contributed by atoms with Crippen molar-refractivity contribution in [1.29, 1.82) is 0 Å². The number of hydrogen-bond donors (Lipinski definition) is 6. The molecule has 3 aliphatic rings. The molecule has 5 atom stereocenters. The van der Waals surface area contributed by atoms with Crippen molar-refractivity contribution in [2.45, 2.75) is 36.5 Å². The molecule has 0 aromatic carbocycles. The van der Waals surface area contributed by atoms with Crippen LogP contribution in [-0.4, -0.2) is 80.6 Å². The van der Waals surface area contributed by atoms with Crippen LogP contribution in [0.5, 0.6) is 0 Å². The lowest BCUT2D eigenvalue weighted by atomic mass is 9.83. The van der Waals surface area contributed by atoms with E-state index in [9.17, 15) is 30.0 Å². The number of carbonyl (C=O) groups excluding carboxylic acids is 2. The summed E-state index contributed by atoms with van der Waals surface area (Å²) in [5.74, 6) is -2.07. The second-order valence-electron chi connectivity index (χ2n) is 6.12. The predicted molar refractivity (Wildman–Crippen MR) is 80.1 cm³/mol. The van der Waals surface area contributed by atoms with Gasteiger partial charge in [-0.15, -0.1) is 0 Å². The van der Waals surface area contributed by atoms with Crippen molar-refractivity contribution < 1.29 is 34.8 Å². The van der Waals surface area contributed by atoms with Gasteiger partial charge in [-0.05, 0) is 19.6 Å². The van der Waals surface area contributed by atoms with Gasteiger partial charge >= 0.3 is 0 Å². The Morgan fingerprint density at radius 2 is 2.09 bits per heavy atom. The second-order valence-corrected chi connectivity index (χ2v) is 7.03. The Hall–Kier alpha value is -0.910. The number of hydrogen-bond acceptors (Lipinski definition) is 8. The number of ether oxygens (including phenoxy) is 1. The molecule has 0 radical (unpaired) electrons. The first-order chi connectivity index (χ1) is 10.6. The second kappa shape index (κ2) is 6.19. The third-order valence-electron chi connectivity index (χ3n) is 4.34. The van der Waals surface area contributed by atoms with E-state index in [4.69, 9.17) is 4.74 Å². The van der Waals surface area contributed by atoms with Crippen LogP contribution in [0.1, 0.15) is 13.3 Å². The van der Waals surface area contributed by atoms with Gasteiger partial charge in [-0.3, -0.25) is 9.59 Å². The lowest BCUT2D eigenvalue weighted by Crippen LogP contribution is -2.83. The van der Waals surface area contributed by atoms with Crippen molar-refractivity contribution in [2.75, 3.05) is 25.2 Å². The third-order valence-corrected chi connectivity index (χ3v) is 5.07. The Kier molecular flexibility index (Phi) is 4.96. The van der Waals surface area contributed by atoms with Crippen LogP contribution in [0.3, 0.4) is 0 Å². The molecule has 3 saturated heterocycles. The zero-order valence-electron chi connectivity index (χ0n) is 12.9. The maximum atomic E-state index is 12.5. The average molecular weight is 350 g/mol. The van der Waals surface area contributed by atoms with Crippen LogP contribution in [0, 0.1) is 5.92 Å². The Labute approximate surface area is 137 Å². The first-order valence-corrected chi connectivity index (χ1v) is 8.55. The highest BCUT2D eigenvalue weighted by Crippen LogP contribution is 2.34. The molecule has 0 saturated carbocycles. The number of thioether (sulfide) groups is 1. The number of carbonyl (C=O) groups is 2. The highest BCUT2D eigenvalue weighted by Gasteiger charge is 2.64. The van der Waals surface area contributed by atoms with E-state index in [1.54, 1.807) is 6.26 Å². The van der Waals surface area contributed by atoms with Crippen LogP contribution in [-0.2, 0) is 14.3 Å². The van der Waals surface area contributed by atoms with Gasteiger partial charge in [0, 0.05) is 11.7 Å². The van der Waals surface area contributed by atoms with E-state index in [0.717, 1.165) is 6.92 Å². The molecule has 0 spiro atoms. The van der Waals surface area contributed by atoms with E-state index in [2.05, 4.69) is 10.6 Å². The lowest BCUT2D eigenvalue weighted by molar-refractivity contribution is -0.240. The number of aliphatic hydroxyl groups is 4. The van der Waals surface area contributed by atoms with Crippen molar-refractivity contribution >= 4 is 23.6 Å². The lowest BCUT2D eigenvalue weighted by Gasteiger charge is -2.51. The molecule has 0 aromatic rings. The smallest absolute Gasteiger partial charge is 0.278 e. The first-order valence-electron chi connectivity index (χ1n) is 7.16. The number of rotatable bonds is 5. The number of amides is 2. The zero-order valence-corrected chi connectivity index (χ0v) is 13.7. The number of piperazine rings is 1. The summed E-state index contributed by atoms with van der Waals surface area (Å²) in [5.41, 5.74) is -6.49. The topological polar surface area (TPSA) is 148 Å². The molecule has 3 heterocycles. The summed E-state index contributed by atoms with van der Waals surface area (Å²) in [6.07, 6.45) is 0.129. The van der Waals surface area contributed by atoms with Gasteiger partial charge in [0.15, 0.2) is 0 Å². The molecule has 2 bridgehead atoms. The maximum absolute atomic E-state index is 12.5. The van der Waals surface area contributed by atoms with Gasteiger partial charge in [-0.1, -0.05) is 0 Å². The molecule has 2 amide bonds. The molecule has 9 nitrogen and oxygen atoms in total. The fourth-order valence-corrected chi connectivity index (χ4v) is 3.61. The van der Waals surface area contributed by atoms with Crippen LogP contribution in [0.15, 0.2) is 0 Å². The summed E-state index contributed by atoms with van der Waals surface area (Å²) in [7, 11) is 0. The highest BCUT2D eigenvalue weighted by molar-refractivity contribution is 7.98. The minimum absolute atomic E-state index is 0.0280. The van der Waals surface area contributed by atoms with Crippen molar-refractivity contribution in [3.8, 4) is 0 Å². The van der Waals surface area contributed by atoms with Gasteiger partial charge in [0.05, 0.1) is 13.2 Å². The number of fused-ring (bicyclic) bond motifs is 5. The largest absolute Gasteiger partial charge is 0.393 e. The SMILES string of the molecule is CSCC1CCO[C@]2([C@@H](O)[C@@](C)(O)CO)NC(=O)[C@@]1(O)NC2=O. The maximum Gasteiger partial charge on any atom is 0.278 e. The number of aliphatic hydroxyl groups excluding tert-OH is 2. The van der Waals surface area contributed by atoms with Crippen molar-refractivity contribution in [3.63, 3.8) is 0 Å². The van der Waals surface area contributed by atoms with Crippen molar-refractivity contribution in [3.05, 3.63) is 0 Å². The van der Waals surface area contributed by atoms with Crippen LogP contribution >= 0.6 is 11.8 Å². The first kappa shape index (κ1) is 18.4. The highest BCUT2D eigenvalue weighted by atomic mass is 32.2. The summed E-state index contributed by atoms with van der Waals surface area (Å²) in [5, 5.41) is 44.6. The van der Waals surface area contributed by atoms with Gasteiger partial charge < -0.3 is 35.8 Å². The number of nitrogens with one attached hydrogen (secondary N) is 2. The molecule has 3 aliphatic heterocycles. The monoisotopic (exact) mass is 350 g/mol. The summed E-state index contributed by atoms with van der Waals surface area (Å²) >= 11 is 1.41. The van der Waals surface area contributed by atoms with Gasteiger partial charge in [0.25, 0.3) is 17.5 Å². The van der Waals surface area contributed by atoms with E-state index in [1.807, 2.05) is 0 Å².